The molecular formula is C31H23F2NO5. The van der Waals surface area contributed by atoms with Crippen LogP contribution < -0.4 is 9.64 Å². The van der Waals surface area contributed by atoms with Crippen LogP contribution in [0.1, 0.15) is 28.3 Å². The summed E-state index contributed by atoms with van der Waals surface area (Å²) < 4.78 is 34.3. The molecule has 0 bridgehead atoms. The van der Waals surface area contributed by atoms with Crippen molar-refractivity contribution in [3.63, 3.8) is 0 Å². The van der Waals surface area contributed by atoms with Crippen molar-refractivity contribution in [1.29, 1.82) is 0 Å². The molecule has 1 fully saturated rings. The van der Waals surface area contributed by atoms with Crippen molar-refractivity contribution < 1.29 is 33.3 Å². The quantitative estimate of drug-likeness (QED) is 0.178. The second kappa shape index (κ2) is 10.4. The first kappa shape index (κ1) is 25.7. The van der Waals surface area contributed by atoms with E-state index in [9.17, 15) is 28.6 Å². The van der Waals surface area contributed by atoms with E-state index >= 15 is 0 Å². The molecule has 4 aromatic rings. The molecular weight excluding hydrogens is 504 g/mol. The van der Waals surface area contributed by atoms with E-state index in [0.717, 1.165) is 22.6 Å². The van der Waals surface area contributed by atoms with E-state index in [-0.39, 0.29) is 28.1 Å². The van der Waals surface area contributed by atoms with Crippen LogP contribution in [-0.4, -0.2) is 21.9 Å². The minimum absolute atomic E-state index is 0.159. The smallest absolute Gasteiger partial charge is 0.300 e. The minimum Gasteiger partial charge on any atom is -0.508 e. The second-order valence-corrected chi connectivity index (χ2v) is 9.11. The first-order chi connectivity index (χ1) is 18.7. The molecule has 0 aliphatic carbocycles. The lowest BCUT2D eigenvalue weighted by atomic mass is 9.94. The molecule has 1 atom stereocenters. The van der Waals surface area contributed by atoms with Crippen LogP contribution in [-0.2, 0) is 16.2 Å². The molecule has 6 nitrogen and oxygen atoms in total. The van der Waals surface area contributed by atoms with Gasteiger partial charge in [0.05, 0.1) is 17.3 Å². The summed E-state index contributed by atoms with van der Waals surface area (Å²) in [5.41, 5.74) is 1.49. The number of rotatable bonds is 6. The van der Waals surface area contributed by atoms with Crippen LogP contribution in [0.5, 0.6) is 11.5 Å². The van der Waals surface area contributed by atoms with Crippen LogP contribution in [0.2, 0.25) is 0 Å². The van der Waals surface area contributed by atoms with Gasteiger partial charge in [0.25, 0.3) is 11.7 Å². The van der Waals surface area contributed by atoms with Crippen molar-refractivity contribution >= 4 is 23.1 Å². The average molecular weight is 528 g/mol. The molecule has 1 saturated heterocycles. The van der Waals surface area contributed by atoms with Crippen molar-refractivity contribution in [1.82, 2.24) is 0 Å². The molecule has 1 aliphatic rings. The van der Waals surface area contributed by atoms with Crippen LogP contribution in [0.15, 0.2) is 96.6 Å². The SMILES string of the molecule is Cc1cc(/C(O)=C2\C(=O)C(=O)N(c3ccc(F)cc3F)C2c2cccc(O)c2)ccc1OCc1ccccc1. The topological polar surface area (TPSA) is 87.1 Å². The van der Waals surface area contributed by atoms with E-state index in [2.05, 4.69) is 0 Å². The van der Waals surface area contributed by atoms with Gasteiger partial charge in [-0.05, 0) is 66.1 Å². The molecule has 196 valence electrons. The van der Waals surface area contributed by atoms with Gasteiger partial charge in [-0.15, -0.1) is 0 Å². The normalized spacial score (nSPS) is 16.5. The number of phenols is 1. The van der Waals surface area contributed by atoms with Gasteiger partial charge in [-0.3, -0.25) is 14.5 Å². The number of carbonyl (C=O) groups excluding carboxylic acids is 2. The lowest BCUT2D eigenvalue weighted by Gasteiger charge is -2.26. The zero-order chi connectivity index (χ0) is 27.7. The van der Waals surface area contributed by atoms with E-state index < -0.39 is 35.1 Å². The molecule has 5 rings (SSSR count). The lowest BCUT2D eigenvalue weighted by Crippen LogP contribution is -2.30. The molecule has 1 heterocycles. The van der Waals surface area contributed by atoms with Gasteiger partial charge >= 0.3 is 0 Å². The Hall–Kier alpha value is -4.98. The first-order valence-electron chi connectivity index (χ1n) is 12.1. The number of amides is 1. The molecule has 2 N–H and O–H groups in total. The maximum atomic E-state index is 14.8. The molecule has 39 heavy (non-hydrogen) atoms. The summed E-state index contributed by atoms with van der Waals surface area (Å²) in [6.07, 6.45) is 0. The number of aromatic hydroxyl groups is 1. The van der Waals surface area contributed by atoms with Crippen LogP contribution in [0, 0.1) is 18.6 Å². The maximum Gasteiger partial charge on any atom is 0.300 e. The number of aryl methyl sites for hydroxylation is 1. The Morgan fingerprint density at radius 3 is 2.38 bits per heavy atom. The fraction of sp³-hybridized carbons (Fsp3) is 0.0968. The number of nitrogens with zero attached hydrogens (tertiary/aromatic N) is 1. The number of halogens is 2. The van der Waals surface area contributed by atoms with Gasteiger partial charge in [0, 0.05) is 11.6 Å². The Balaban J connectivity index is 1.58. The Bertz CT molecular complexity index is 1620. The number of ether oxygens (including phenoxy) is 1. The zero-order valence-corrected chi connectivity index (χ0v) is 20.8. The summed E-state index contributed by atoms with van der Waals surface area (Å²) >= 11 is 0. The molecule has 4 aromatic carbocycles. The standard InChI is InChI=1S/C31H23F2NO5/c1-18-14-21(10-13-26(18)39-17-19-6-3-2-4-7-19)29(36)27-28(20-8-5-9-23(35)15-20)34(31(38)30(27)37)25-12-11-22(32)16-24(25)33/h2-16,28,35-36H,17H2,1H3/b29-27+. The van der Waals surface area contributed by atoms with Gasteiger partial charge in [0.1, 0.15) is 35.5 Å². The Kier molecular flexibility index (Phi) is 6.85. The van der Waals surface area contributed by atoms with Crippen molar-refractivity contribution in [2.75, 3.05) is 4.90 Å². The summed E-state index contributed by atoms with van der Waals surface area (Å²) in [6.45, 7) is 2.11. The highest BCUT2D eigenvalue weighted by atomic mass is 19.1. The van der Waals surface area contributed by atoms with Gasteiger partial charge in [-0.25, -0.2) is 8.78 Å². The second-order valence-electron chi connectivity index (χ2n) is 9.11. The molecule has 1 aliphatic heterocycles. The highest BCUT2D eigenvalue weighted by Gasteiger charge is 2.47. The average Bonchev–Trinajstić information content (AvgIpc) is 3.18. The molecule has 8 heteroatoms. The highest BCUT2D eigenvalue weighted by Crippen LogP contribution is 2.43. The number of hydrogen-bond acceptors (Lipinski definition) is 5. The minimum atomic E-state index is -1.29. The van der Waals surface area contributed by atoms with Gasteiger partial charge in [0.15, 0.2) is 0 Å². The highest BCUT2D eigenvalue weighted by molar-refractivity contribution is 6.51. The Labute approximate surface area is 223 Å². The van der Waals surface area contributed by atoms with Crippen LogP contribution in [0.25, 0.3) is 5.76 Å². The van der Waals surface area contributed by atoms with Crippen molar-refractivity contribution in [3.05, 3.63) is 130 Å². The largest absolute Gasteiger partial charge is 0.508 e. The monoisotopic (exact) mass is 527 g/mol. The lowest BCUT2D eigenvalue weighted by molar-refractivity contribution is -0.132. The van der Waals surface area contributed by atoms with Gasteiger partial charge in [-0.2, -0.15) is 0 Å². The third-order valence-corrected chi connectivity index (χ3v) is 6.49. The third-order valence-electron chi connectivity index (χ3n) is 6.49. The molecule has 1 amide bonds. The number of benzene rings is 4. The summed E-state index contributed by atoms with van der Waals surface area (Å²) in [6, 6.07) is 21.5. The van der Waals surface area contributed by atoms with E-state index in [1.54, 1.807) is 25.1 Å². The first-order valence-corrected chi connectivity index (χ1v) is 12.1. The van der Waals surface area contributed by atoms with E-state index in [0.29, 0.717) is 24.0 Å². The predicted molar refractivity (Wildman–Crippen MR) is 141 cm³/mol. The number of ketones is 1. The third kappa shape index (κ3) is 4.96. The van der Waals surface area contributed by atoms with E-state index in [1.165, 1.54) is 24.3 Å². The number of carbonyl (C=O) groups is 2. The fourth-order valence-corrected chi connectivity index (χ4v) is 4.62. The summed E-state index contributed by atoms with van der Waals surface area (Å²) in [5, 5.41) is 21.4. The molecule has 0 radical (unpaired) electrons. The van der Waals surface area contributed by atoms with E-state index in [1.807, 2.05) is 30.3 Å². The molecule has 0 saturated carbocycles. The molecule has 1 unspecified atom stereocenters. The molecule has 0 aromatic heterocycles. The number of phenolic OH excluding ortho intramolecular Hbond substituents is 1. The van der Waals surface area contributed by atoms with E-state index in [4.69, 9.17) is 4.74 Å². The van der Waals surface area contributed by atoms with Crippen molar-refractivity contribution in [2.24, 2.45) is 0 Å². The molecule has 0 spiro atoms. The van der Waals surface area contributed by atoms with Gasteiger partial charge in [-0.1, -0.05) is 42.5 Å². The Morgan fingerprint density at radius 1 is 0.923 bits per heavy atom. The predicted octanol–water partition coefficient (Wildman–Crippen LogP) is 6.18. The zero-order valence-electron chi connectivity index (χ0n) is 20.8. The number of aliphatic hydroxyl groups excluding tert-OH is 1. The van der Waals surface area contributed by atoms with Crippen LogP contribution >= 0.6 is 0 Å². The number of hydrogen-bond donors (Lipinski definition) is 2. The van der Waals surface area contributed by atoms with Crippen LogP contribution in [0.4, 0.5) is 14.5 Å². The van der Waals surface area contributed by atoms with Gasteiger partial charge in [0.2, 0.25) is 0 Å². The number of anilines is 1. The summed E-state index contributed by atoms with van der Waals surface area (Å²) in [4.78, 5) is 27.3. The Morgan fingerprint density at radius 2 is 1.69 bits per heavy atom. The number of Topliss-reactive ketones (excluding diaryl/α,β-unsaturated/α-hetero) is 1. The van der Waals surface area contributed by atoms with Crippen LogP contribution in [0.3, 0.4) is 0 Å². The van der Waals surface area contributed by atoms with Crippen molar-refractivity contribution in [2.45, 2.75) is 19.6 Å². The van der Waals surface area contributed by atoms with Crippen molar-refractivity contribution in [3.8, 4) is 11.5 Å². The van der Waals surface area contributed by atoms with Gasteiger partial charge < -0.3 is 14.9 Å². The maximum absolute atomic E-state index is 14.8. The summed E-state index contributed by atoms with van der Waals surface area (Å²) in [7, 11) is 0. The summed E-state index contributed by atoms with van der Waals surface area (Å²) in [5.74, 6) is -4.14. The fourth-order valence-electron chi connectivity index (χ4n) is 4.62. The number of aliphatic hydroxyl groups is 1.